The Morgan fingerprint density at radius 2 is 2.00 bits per heavy atom. The predicted molar refractivity (Wildman–Crippen MR) is 84.5 cm³/mol. The lowest BCUT2D eigenvalue weighted by Gasteiger charge is -2.35. The van der Waals surface area contributed by atoms with E-state index in [-0.39, 0.29) is 12.7 Å². The molecule has 6 nitrogen and oxygen atoms in total. The van der Waals surface area contributed by atoms with Crippen LogP contribution < -0.4 is 0 Å². The molecule has 0 aromatic heterocycles. The zero-order valence-corrected chi connectivity index (χ0v) is 13.9. The number of amides is 1. The predicted octanol–water partition coefficient (Wildman–Crippen LogP) is 0.940. The molecule has 1 heterocycles. The Hall–Kier alpha value is -1.29. The van der Waals surface area contributed by atoms with Crippen molar-refractivity contribution in [3.8, 4) is 12.3 Å². The summed E-state index contributed by atoms with van der Waals surface area (Å²) in [5.41, 5.74) is -0.621. The van der Waals surface area contributed by atoms with Gasteiger partial charge in [-0.15, -0.1) is 6.42 Å². The number of carbonyl (C=O) groups excluding carboxylic acids is 1. The first-order chi connectivity index (χ1) is 10.4. The average Bonchev–Trinajstić information content (AvgIpc) is 2.53. The second kappa shape index (κ2) is 8.99. The van der Waals surface area contributed by atoms with Crippen LogP contribution in [0.1, 0.15) is 27.2 Å². The number of nitrogens with zero attached hydrogens (tertiary/aromatic N) is 2. The Kier molecular flexibility index (Phi) is 7.66. The highest BCUT2D eigenvalue weighted by Crippen LogP contribution is 2.14. The van der Waals surface area contributed by atoms with Crippen molar-refractivity contribution >= 4 is 6.09 Å². The van der Waals surface area contributed by atoms with E-state index in [0.717, 1.165) is 13.1 Å². The standard InChI is InChI=1S/C16H28N2O4/c1-5-16(4,6-2)22-13-14(19)12-17-8-10-18(11-9-17)15(20)21-7-3/h1,14,19H,6-13H2,2-4H3/t14-,16+/m1/s1. The summed E-state index contributed by atoms with van der Waals surface area (Å²) < 4.78 is 10.6. The maximum absolute atomic E-state index is 11.6. The van der Waals surface area contributed by atoms with Gasteiger partial charge < -0.3 is 19.5 Å². The molecule has 126 valence electrons. The van der Waals surface area contributed by atoms with Crippen molar-refractivity contribution < 1.29 is 19.4 Å². The van der Waals surface area contributed by atoms with Crippen LogP contribution in [0.25, 0.3) is 0 Å². The highest BCUT2D eigenvalue weighted by atomic mass is 16.6. The molecule has 1 fully saturated rings. The van der Waals surface area contributed by atoms with Crippen LogP contribution in [0.5, 0.6) is 0 Å². The fourth-order valence-corrected chi connectivity index (χ4v) is 2.20. The summed E-state index contributed by atoms with van der Waals surface area (Å²) in [5.74, 6) is 2.61. The normalized spacial score (nSPS) is 20.0. The molecule has 22 heavy (non-hydrogen) atoms. The molecular weight excluding hydrogens is 284 g/mol. The molecule has 1 amide bonds. The molecule has 0 aromatic rings. The Morgan fingerprint density at radius 3 is 2.50 bits per heavy atom. The van der Waals surface area contributed by atoms with Gasteiger partial charge in [0.25, 0.3) is 0 Å². The van der Waals surface area contributed by atoms with E-state index >= 15 is 0 Å². The zero-order chi connectivity index (χ0) is 16.6. The summed E-state index contributed by atoms with van der Waals surface area (Å²) in [5, 5.41) is 10.1. The average molecular weight is 312 g/mol. The molecule has 0 spiro atoms. The van der Waals surface area contributed by atoms with E-state index in [1.54, 1.807) is 11.8 Å². The van der Waals surface area contributed by atoms with Crippen molar-refractivity contribution in [2.45, 2.75) is 38.9 Å². The Balaban J connectivity index is 2.29. The molecule has 1 aliphatic heterocycles. The molecule has 2 atom stereocenters. The molecule has 0 radical (unpaired) electrons. The third-order valence-electron chi connectivity index (χ3n) is 3.94. The Labute approximate surface area is 133 Å². The molecule has 0 unspecified atom stereocenters. The van der Waals surface area contributed by atoms with Gasteiger partial charge in [0.2, 0.25) is 0 Å². The second-order valence-corrected chi connectivity index (χ2v) is 5.68. The minimum absolute atomic E-state index is 0.215. The maximum atomic E-state index is 11.6. The monoisotopic (exact) mass is 312 g/mol. The number of β-amino-alcohol motifs (C(OH)–C–C–N with tert-alkyl or cyclic N) is 1. The number of terminal acetylenes is 1. The highest BCUT2D eigenvalue weighted by Gasteiger charge is 2.25. The third-order valence-corrected chi connectivity index (χ3v) is 3.94. The minimum atomic E-state index is -0.621. The van der Waals surface area contributed by atoms with E-state index in [2.05, 4.69) is 10.8 Å². The summed E-state index contributed by atoms with van der Waals surface area (Å²) in [6, 6.07) is 0. The van der Waals surface area contributed by atoms with Gasteiger partial charge in [-0.3, -0.25) is 4.90 Å². The summed E-state index contributed by atoms with van der Waals surface area (Å²) >= 11 is 0. The molecule has 0 saturated carbocycles. The molecule has 6 heteroatoms. The van der Waals surface area contributed by atoms with Crippen LogP contribution in [-0.2, 0) is 9.47 Å². The van der Waals surface area contributed by atoms with Crippen LogP contribution in [0.2, 0.25) is 0 Å². The van der Waals surface area contributed by atoms with Gasteiger partial charge in [-0.25, -0.2) is 4.79 Å². The number of piperazine rings is 1. The molecule has 1 N–H and O–H groups in total. The van der Waals surface area contributed by atoms with Gasteiger partial charge in [0.05, 0.1) is 19.3 Å². The van der Waals surface area contributed by atoms with E-state index in [1.165, 1.54) is 0 Å². The van der Waals surface area contributed by atoms with E-state index in [1.807, 2.05) is 13.8 Å². The van der Waals surface area contributed by atoms with E-state index in [9.17, 15) is 9.90 Å². The first-order valence-corrected chi connectivity index (χ1v) is 7.88. The summed E-state index contributed by atoms with van der Waals surface area (Å²) in [4.78, 5) is 15.4. The van der Waals surface area contributed by atoms with Crippen molar-refractivity contribution in [2.75, 3.05) is 45.9 Å². The van der Waals surface area contributed by atoms with E-state index in [0.29, 0.717) is 32.7 Å². The van der Waals surface area contributed by atoms with Gasteiger partial charge in [0, 0.05) is 32.7 Å². The highest BCUT2D eigenvalue weighted by molar-refractivity contribution is 5.67. The third kappa shape index (κ3) is 5.84. The number of aliphatic hydroxyl groups excluding tert-OH is 1. The fourth-order valence-electron chi connectivity index (χ4n) is 2.20. The molecule has 0 bridgehead atoms. The lowest BCUT2D eigenvalue weighted by atomic mass is 10.1. The van der Waals surface area contributed by atoms with E-state index in [4.69, 9.17) is 15.9 Å². The van der Waals surface area contributed by atoms with Crippen LogP contribution >= 0.6 is 0 Å². The second-order valence-electron chi connectivity index (χ2n) is 5.68. The lowest BCUT2D eigenvalue weighted by Crippen LogP contribution is -2.51. The Morgan fingerprint density at radius 1 is 1.36 bits per heavy atom. The maximum Gasteiger partial charge on any atom is 0.409 e. The summed E-state index contributed by atoms with van der Waals surface area (Å²) in [6.07, 6.45) is 5.29. The molecular formula is C16H28N2O4. The molecule has 1 saturated heterocycles. The number of hydrogen-bond acceptors (Lipinski definition) is 5. The summed E-state index contributed by atoms with van der Waals surface area (Å²) in [6.45, 7) is 9.39. The first-order valence-electron chi connectivity index (χ1n) is 7.88. The number of carbonyl (C=O) groups is 1. The minimum Gasteiger partial charge on any atom is -0.450 e. The van der Waals surface area contributed by atoms with Crippen molar-refractivity contribution in [3.63, 3.8) is 0 Å². The van der Waals surface area contributed by atoms with Crippen molar-refractivity contribution in [1.29, 1.82) is 0 Å². The van der Waals surface area contributed by atoms with Crippen LogP contribution in [0.15, 0.2) is 0 Å². The number of ether oxygens (including phenoxy) is 2. The SMILES string of the molecule is C#C[C@@](C)(CC)OC[C@H](O)CN1CCN(C(=O)OCC)CC1. The summed E-state index contributed by atoms with van der Waals surface area (Å²) in [7, 11) is 0. The van der Waals surface area contributed by atoms with Gasteiger partial charge in [-0.1, -0.05) is 12.8 Å². The molecule has 0 aromatic carbocycles. The smallest absolute Gasteiger partial charge is 0.409 e. The van der Waals surface area contributed by atoms with Crippen LogP contribution in [-0.4, -0.2) is 78.6 Å². The molecule has 0 aliphatic carbocycles. The zero-order valence-electron chi connectivity index (χ0n) is 13.9. The van der Waals surface area contributed by atoms with Crippen molar-refractivity contribution in [2.24, 2.45) is 0 Å². The quantitative estimate of drug-likeness (QED) is 0.709. The fraction of sp³-hybridized carbons (Fsp3) is 0.812. The number of rotatable bonds is 7. The number of hydrogen-bond donors (Lipinski definition) is 1. The van der Waals surface area contributed by atoms with Crippen LogP contribution in [0.4, 0.5) is 4.79 Å². The van der Waals surface area contributed by atoms with E-state index < -0.39 is 11.7 Å². The van der Waals surface area contributed by atoms with Gasteiger partial charge >= 0.3 is 6.09 Å². The van der Waals surface area contributed by atoms with Crippen LogP contribution in [0.3, 0.4) is 0 Å². The first kappa shape index (κ1) is 18.8. The van der Waals surface area contributed by atoms with Gasteiger partial charge in [-0.05, 0) is 20.3 Å². The van der Waals surface area contributed by atoms with Gasteiger partial charge in [0.1, 0.15) is 5.60 Å². The topological polar surface area (TPSA) is 62.2 Å². The Bertz CT molecular complexity index is 388. The van der Waals surface area contributed by atoms with Crippen LogP contribution in [0, 0.1) is 12.3 Å². The molecule has 1 rings (SSSR count). The lowest BCUT2D eigenvalue weighted by molar-refractivity contribution is -0.0497. The van der Waals surface area contributed by atoms with Crippen molar-refractivity contribution in [3.05, 3.63) is 0 Å². The van der Waals surface area contributed by atoms with Gasteiger partial charge in [0.15, 0.2) is 0 Å². The largest absolute Gasteiger partial charge is 0.450 e. The number of aliphatic hydroxyl groups is 1. The molecule has 1 aliphatic rings. The van der Waals surface area contributed by atoms with Gasteiger partial charge in [-0.2, -0.15) is 0 Å². The van der Waals surface area contributed by atoms with Crippen molar-refractivity contribution in [1.82, 2.24) is 9.80 Å².